The molecule has 0 aliphatic carbocycles. The number of anilines is 2. The van der Waals surface area contributed by atoms with Crippen LogP contribution in [-0.2, 0) is 4.79 Å². The smallest absolute Gasteiger partial charge is 0.142 e. The number of benzene rings is 1. The lowest BCUT2D eigenvalue weighted by molar-refractivity contribution is -0.104. The molecule has 0 aromatic heterocycles. The Kier molecular flexibility index (Phi) is 3.92. The molecule has 0 atom stereocenters. The van der Waals surface area contributed by atoms with Crippen molar-refractivity contribution in [2.45, 2.75) is 13.8 Å². The van der Waals surface area contributed by atoms with Crippen molar-refractivity contribution in [3.8, 4) is 0 Å². The Morgan fingerprint density at radius 1 is 1.47 bits per heavy atom. The van der Waals surface area contributed by atoms with Crippen molar-refractivity contribution >= 4 is 23.7 Å². The van der Waals surface area contributed by atoms with Gasteiger partial charge in [-0.05, 0) is 37.1 Å². The van der Waals surface area contributed by atoms with E-state index in [1.165, 1.54) is 6.08 Å². The summed E-state index contributed by atoms with van der Waals surface area (Å²) in [6.07, 6.45) is 3.98. The van der Waals surface area contributed by atoms with Crippen LogP contribution in [-0.4, -0.2) is 12.8 Å². The first kappa shape index (κ1) is 11.3. The SMILES string of the molecule is CCNc1ccc(/C=C/C=O)c(C)c1N. The highest BCUT2D eigenvalue weighted by molar-refractivity contribution is 5.79. The van der Waals surface area contributed by atoms with Crippen molar-refractivity contribution < 1.29 is 4.79 Å². The van der Waals surface area contributed by atoms with Gasteiger partial charge in [0.1, 0.15) is 6.29 Å². The van der Waals surface area contributed by atoms with Crippen molar-refractivity contribution in [3.63, 3.8) is 0 Å². The number of carbonyl (C=O) groups excluding carboxylic acids is 1. The van der Waals surface area contributed by atoms with Gasteiger partial charge in [0.05, 0.1) is 11.4 Å². The summed E-state index contributed by atoms with van der Waals surface area (Å²) in [6, 6.07) is 3.87. The van der Waals surface area contributed by atoms with Gasteiger partial charge >= 0.3 is 0 Å². The number of carbonyl (C=O) groups is 1. The lowest BCUT2D eigenvalue weighted by Crippen LogP contribution is -2.03. The van der Waals surface area contributed by atoms with Gasteiger partial charge in [0.25, 0.3) is 0 Å². The molecule has 0 heterocycles. The molecular weight excluding hydrogens is 188 g/mol. The van der Waals surface area contributed by atoms with Crippen molar-refractivity contribution in [1.29, 1.82) is 0 Å². The largest absolute Gasteiger partial charge is 0.397 e. The minimum atomic E-state index is 0.741. The molecular formula is C12H16N2O. The van der Waals surface area contributed by atoms with Crippen LogP contribution in [0, 0.1) is 6.92 Å². The Hall–Kier alpha value is -1.77. The molecule has 0 saturated heterocycles. The number of aldehydes is 1. The normalized spacial score (nSPS) is 10.5. The second kappa shape index (κ2) is 5.20. The van der Waals surface area contributed by atoms with E-state index in [1.54, 1.807) is 6.08 Å². The predicted molar refractivity (Wildman–Crippen MR) is 64.9 cm³/mol. The van der Waals surface area contributed by atoms with Crippen LogP contribution < -0.4 is 11.1 Å². The van der Waals surface area contributed by atoms with Gasteiger partial charge in [0.15, 0.2) is 0 Å². The maximum Gasteiger partial charge on any atom is 0.142 e. The monoisotopic (exact) mass is 204 g/mol. The zero-order chi connectivity index (χ0) is 11.3. The Labute approximate surface area is 90.0 Å². The molecule has 0 saturated carbocycles. The first-order valence-electron chi connectivity index (χ1n) is 4.95. The molecule has 0 aliphatic heterocycles. The third kappa shape index (κ3) is 2.59. The van der Waals surface area contributed by atoms with Crippen LogP contribution in [0.5, 0.6) is 0 Å². The van der Waals surface area contributed by atoms with Gasteiger partial charge in [-0.1, -0.05) is 12.1 Å². The fourth-order valence-electron chi connectivity index (χ4n) is 1.41. The molecule has 0 amide bonds. The van der Waals surface area contributed by atoms with E-state index in [9.17, 15) is 4.79 Å². The fraction of sp³-hybridized carbons (Fsp3) is 0.250. The number of nitrogen functional groups attached to an aromatic ring is 1. The van der Waals surface area contributed by atoms with E-state index in [0.29, 0.717) is 0 Å². The molecule has 1 aromatic rings. The summed E-state index contributed by atoms with van der Waals surface area (Å²) in [5.74, 6) is 0. The molecule has 15 heavy (non-hydrogen) atoms. The highest BCUT2D eigenvalue weighted by Crippen LogP contribution is 2.26. The molecule has 1 aromatic carbocycles. The van der Waals surface area contributed by atoms with E-state index < -0.39 is 0 Å². The molecule has 0 radical (unpaired) electrons. The highest BCUT2D eigenvalue weighted by Gasteiger charge is 2.03. The first-order valence-corrected chi connectivity index (χ1v) is 4.95. The van der Waals surface area contributed by atoms with Crippen LogP contribution in [0.15, 0.2) is 18.2 Å². The summed E-state index contributed by atoms with van der Waals surface area (Å²) in [6.45, 7) is 4.81. The third-order valence-corrected chi connectivity index (χ3v) is 2.28. The molecule has 0 spiro atoms. The highest BCUT2D eigenvalue weighted by atomic mass is 16.1. The molecule has 3 nitrogen and oxygen atoms in total. The molecule has 3 heteroatoms. The van der Waals surface area contributed by atoms with Gasteiger partial charge in [0, 0.05) is 6.54 Å². The maximum absolute atomic E-state index is 10.2. The minimum Gasteiger partial charge on any atom is -0.397 e. The molecule has 0 fully saturated rings. The van der Waals surface area contributed by atoms with Crippen LogP contribution in [0.4, 0.5) is 11.4 Å². The second-order valence-corrected chi connectivity index (χ2v) is 3.27. The summed E-state index contributed by atoms with van der Waals surface area (Å²) in [5, 5.41) is 3.18. The maximum atomic E-state index is 10.2. The van der Waals surface area contributed by atoms with Gasteiger partial charge in [0.2, 0.25) is 0 Å². The Bertz CT molecular complexity index is 383. The van der Waals surface area contributed by atoms with Crippen molar-refractivity contribution in [2.24, 2.45) is 0 Å². The molecule has 80 valence electrons. The Morgan fingerprint density at radius 3 is 2.80 bits per heavy atom. The van der Waals surface area contributed by atoms with Crippen LogP contribution in [0.3, 0.4) is 0 Å². The average Bonchev–Trinajstić information content (AvgIpc) is 2.24. The number of rotatable bonds is 4. The van der Waals surface area contributed by atoms with E-state index in [-0.39, 0.29) is 0 Å². The van der Waals surface area contributed by atoms with Crippen molar-refractivity contribution in [3.05, 3.63) is 29.3 Å². The Morgan fingerprint density at radius 2 is 2.20 bits per heavy atom. The minimum absolute atomic E-state index is 0.741. The molecule has 3 N–H and O–H groups in total. The number of nitrogens with one attached hydrogen (secondary N) is 1. The van der Waals surface area contributed by atoms with Gasteiger partial charge in [-0.3, -0.25) is 4.79 Å². The van der Waals surface area contributed by atoms with Gasteiger partial charge in [-0.25, -0.2) is 0 Å². The summed E-state index contributed by atoms with van der Waals surface area (Å²) in [7, 11) is 0. The van der Waals surface area contributed by atoms with E-state index in [4.69, 9.17) is 5.73 Å². The molecule has 0 aliphatic rings. The number of hydrogen-bond donors (Lipinski definition) is 2. The lowest BCUT2D eigenvalue weighted by atomic mass is 10.0. The number of hydrogen-bond acceptors (Lipinski definition) is 3. The average molecular weight is 204 g/mol. The van der Waals surface area contributed by atoms with Crippen molar-refractivity contribution in [1.82, 2.24) is 0 Å². The van der Waals surface area contributed by atoms with Crippen LogP contribution in [0.25, 0.3) is 6.08 Å². The zero-order valence-electron chi connectivity index (χ0n) is 9.08. The van der Waals surface area contributed by atoms with E-state index in [1.807, 2.05) is 26.0 Å². The predicted octanol–water partition coefficient (Wildman–Crippen LogP) is 2.22. The van der Waals surface area contributed by atoms with E-state index in [2.05, 4.69) is 5.32 Å². The quantitative estimate of drug-likeness (QED) is 0.449. The van der Waals surface area contributed by atoms with Crippen LogP contribution >= 0.6 is 0 Å². The molecule has 0 unspecified atom stereocenters. The molecule has 0 bridgehead atoms. The molecule has 1 rings (SSSR count). The topological polar surface area (TPSA) is 55.1 Å². The van der Waals surface area contributed by atoms with E-state index in [0.717, 1.165) is 35.3 Å². The number of allylic oxidation sites excluding steroid dienone is 1. The Balaban J connectivity index is 3.09. The summed E-state index contributed by atoms with van der Waals surface area (Å²) >= 11 is 0. The fourth-order valence-corrected chi connectivity index (χ4v) is 1.41. The third-order valence-electron chi connectivity index (χ3n) is 2.28. The van der Waals surface area contributed by atoms with Crippen LogP contribution in [0.2, 0.25) is 0 Å². The van der Waals surface area contributed by atoms with Crippen molar-refractivity contribution in [2.75, 3.05) is 17.6 Å². The second-order valence-electron chi connectivity index (χ2n) is 3.27. The summed E-state index contributed by atoms with van der Waals surface area (Å²) in [4.78, 5) is 10.2. The van der Waals surface area contributed by atoms with Crippen LogP contribution in [0.1, 0.15) is 18.1 Å². The van der Waals surface area contributed by atoms with Gasteiger partial charge < -0.3 is 11.1 Å². The summed E-state index contributed by atoms with van der Waals surface area (Å²) < 4.78 is 0. The van der Waals surface area contributed by atoms with Gasteiger partial charge in [-0.15, -0.1) is 0 Å². The summed E-state index contributed by atoms with van der Waals surface area (Å²) in [5.41, 5.74) is 9.61. The zero-order valence-corrected chi connectivity index (χ0v) is 9.08. The first-order chi connectivity index (χ1) is 7.20. The lowest BCUT2D eigenvalue weighted by Gasteiger charge is -2.11. The number of nitrogens with two attached hydrogens (primary N) is 1. The standard InChI is InChI=1S/C12H16N2O/c1-3-14-11-7-6-10(5-4-8-15)9(2)12(11)13/h4-8,14H,3,13H2,1-2H3/b5-4+. The van der Waals surface area contributed by atoms with E-state index >= 15 is 0 Å². The van der Waals surface area contributed by atoms with Gasteiger partial charge in [-0.2, -0.15) is 0 Å².